The second-order valence-electron chi connectivity index (χ2n) is 5.60. The first-order valence-corrected chi connectivity index (χ1v) is 8.60. The van der Waals surface area contributed by atoms with Crippen molar-refractivity contribution in [3.63, 3.8) is 0 Å². The number of aryl methyl sites for hydroxylation is 1. The molecule has 0 unspecified atom stereocenters. The van der Waals surface area contributed by atoms with Crippen LogP contribution >= 0.6 is 0 Å². The maximum absolute atomic E-state index is 13.5. The Kier molecular flexibility index (Phi) is 5.19. The average molecular weight is 368 g/mol. The first kappa shape index (κ1) is 18.7. The number of alkyl halides is 3. The highest BCUT2D eigenvalue weighted by Gasteiger charge is 2.51. The minimum atomic E-state index is -5.46. The molecule has 1 aliphatic heterocycles. The maximum atomic E-state index is 13.5. The summed E-state index contributed by atoms with van der Waals surface area (Å²) in [7, 11) is -5.46. The van der Waals surface area contributed by atoms with Crippen molar-refractivity contribution in [3.05, 3.63) is 29.6 Å². The van der Waals surface area contributed by atoms with Crippen LogP contribution in [0.3, 0.4) is 0 Å². The molecule has 0 saturated carbocycles. The van der Waals surface area contributed by atoms with Crippen LogP contribution in [-0.4, -0.2) is 37.2 Å². The molecule has 2 rings (SSSR count). The molecule has 1 aromatic carbocycles. The standard InChI is InChI=1S/C14H16F4N2O3S/c1-9-4-5-11(7-12(9)15)19-13(21)10-3-2-6-20(8-10)24(22,23)14(16,17)18/h4-5,7,10H,2-3,6,8H2,1H3,(H,19,21)/t10-/m0/s1. The van der Waals surface area contributed by atoms with Crippen molar-refractivity contribution in [2.75, 3.05) is 18.4 Å². The van der Waals surface area contributed by atoms with E-state index in [9.17, 15) is 30.8 Å². The Morgan fingerprint density at radius 2 is 2.00 bits per heavy atom. The number of sulfonamides is 1. The number of carbonyl (C=O) groups is 1. The molecular weight excluding hydrogens is 352 g/mol. The number of hydrogen-bond acceptors (Lipinski definition) is 3. The van der Waals surface area contributed by atoms with Crippen LogP contribution in [0.4, 0.5) is 23.2 Å². The van der Waals surface area contributed by atoms with E-state index in [0.29, 0.717) is 5.56 Å². The smallest absolute Gasteiger partial charge is 0.326 e. The zero-order chi connectivity index (χ0) is 18.1. The van der Waals surface area contributed by atoms with Crippen LogP contribution in [0.25, 0.3) is 0 Å². The van der Waals surface area contributed by atoms with Gasteiger partial charge in [0.1, 0.15) is 5.82 Å². The van der Waals surface area contributed by atoms with Gasteiger partial charge in [0, 0.05) is 18.8 Å². The third-order valence-corrected chi connectivity index (χ3v) is 5.42. The molecule has 0 spiro atoms. The van der Waals surface area contributed by atoms with Gasteiger partial charge in [0.2, 0.25) is 5.91 Å². The topological polar surface area (TPSA) is 66.5 Å². The molecule has 1 saturated heterocycles. The summed E-state index contributed by atoms with van der Waals surface area (Å²) in [6, 6.07) is 4.01. The zero-order valence-corrected chi connectivity index (χ0v) is 13.5. The lowest BCUT2D eigenvalue weighted by Gasteiger charge is -2.31. The highest BCUT2D eigenvalue weighted by atomic mass is 32.2. The highest BCUT2D eigenvalue weighted by molar-refractivity contribution is 7.90. The summed E-state index contributed by atoms with van der Waals surface area (Å²) in [5.74, 6) is -2.10. The number of carbonyl (C=O) groups excluding carboxylic acids is 1. The molecule has 1 aliphatic rings. The molecule has 0 aliphatic carbocycles. The SMILES string of the molecule is Cc1ccc(NC(=O)[C@H]2CCCN(S(=O)(=O)C(F)(F)F)C2)cc1F. The first-order valence-electron chi connectivity index (χ1n) is 7.16. The molecule has 0 bridgehead atoms. The van der Waals surface area contributed by atoms with Crippen molar-refractivity contribution in [1.82, 2.24) is 4.31 Å². The summed E-state index contributed by atoms with van der Waals surface area (Å²) in [4.78, 5) is 12.1. The predicted octanol–water partition coefficient (Wildman–Crippen LogP) is 2.63. The van der Waals surface area contributed by atoms with Crippen molar-refractivity contribution in [3.8, 4) is 0 Å². The summed E-state index contributed by atoms with van der Waals surface area (Å²) in [5, 5.41) is 2.41. The molecular formula is C14H16F4N2O3S. The number of rotatable bonds is 3. The number of amides is 1. The molecule has 1 N–H and O–H groups in total. The van der Waals surface area contributed by atoms with Gasteiger partial charge in [-0.3, -0.25) is 4.79 Å². The van der Waals surface area contributed by atoms with Crippen LogP contribution in [0, 0.1) is 18.7 Å². The van der Waals surface area contributed by atoms with Crippen LogP contribution in [-0.2, 0) is 14.8 Å². The van der Waals surface area contributed by atoms with Gasteiger partial charge in [-0.2, -0.15) is 17.5 Å². The van der Waals surface area contributed by atoms with Crippen molar-refractivity contribution in [2.24, 2.45) is 5.92 Å². The van der Waals surface area contributed by atoms with E-state index < -0.39 is 39.7 Å². The number of nitrogens with zero attached hydrogens (tertiary/aromatic N) is 1. The van der Waals surface area contributed by atoms with Gasteiger partial charge in [0.25, 0.3) is 0 Å². The largest absolute Gasteiger partial charge is 0.511 e. The van der Waals surface area contributed by atoms with Gasteiger partial charge in [0.05, 0.1) is 5.92 Å². The fourth-order valence-corrected chi connectivity index (χ4v) is 3.47. The van der Waals surface area contributed by atoms with E-state index in [2.05, 4.69) is 5.32 Å². The Morgan fingerprint density at radius 1 is 1.33 bits per heavy atom. The fraction of sp³-hybridized carbons (Fsp3) is 0.500. The van der Waals surface area contributed by atoms with E-state index in [0.717, 1.165) is 6.07 Å². The van der Waals surface area contributed by atoms with E-state index in [-0.39, 0.29) is 29.4 Å². The summed E-state index contributed by atoms with van der Waals surface area (Å²) in [6.07, 6.45) is 0.389. The van der Waals surface area contributed by atoms with Gasteiger partial charge in [-0.15, -0.1) is 0 Å². The third kappa shape index (κ3) is 3.86. The van der Waals surface area contributed by atoms with Crippen molar-refractivity contribution in [1.29, 1.82) is 0 Å². The average Bonchev–Trinajstić information content (AvgIpc) is 2.50. The number of benzene rings is 1. The van der Waals surface area contributed by atoms with Gasteiger partial charge in [-0.05, 0) is 37.5 Å². The lowest BCUT2D eigenvalue weighted by atomic mass is 9.98. The Balaban J connectivity index is 2.09. The number of piperidine rings is 1. The summed E-state index contributed by atoms with van der Waals surface area (Å²) < 4.78 is 74.4. The molecule has 1 aromatic rings. The predicted molar refractivity (Wildman–Crippen MR) is 79.0 cm³/mol. The van der Waals surface area contributed by atoms with Crippen LogP contribution in [0.1, 0.15) is 18.4 Å². The molecule has 0 radical (unpaired) electrons. The lowest BCUT2D eigenvalue weighted by Crippen LogP contribution is -2.48. The Bertz CT molecular complexity index is 734. The molecule has 0 aromatic heterocycles. The van der Waals surface area contributed by atoms with E-state index >= 15 is 0 Å². The minimum Gasteiger partial charge on any atom is -0.326 e. The zero-order valence-electron chi connectivity index (χ0n) is 12.7. The van der Waals surface area contributed by atoms with Gasteiger partial charge in [-0.1, -0.05) is 6.07 Å². The van der Waals surface area contributed by atoms with Crippen molar-refractivity contribution >= 4 is 21.6 Å². The van der Waals surface area contributed by atoms with E-state index in [1.54, 1.807) is 6.92 Å². The normalized spacial score (nSPS) is 20.0. The number of hydrogen-bond donors (Lipinski definition) is 1. The molecule has 10 heteroatoms. The Morgan fingerprint density at radius 3 is 2.58 bits per heavy atom. The van der Waals surface area contributed by atoms with Crippen LogP contribution in [0.15, 0.2) is 18.2 Å². The van der Waals surface area contributed by atoms with Crippen molar-refractivity contribution in [2.45, 2.75) is 25.3 Å². The molecule has 5 nitrogen and oxygen atoms in total. The fourth-order valence-electron chi connectivity index (χ4n) is 2.44. The molecule has 134 valence electrons. The molecule has 1 amide bonds. The first-order chi connectivity index (χ1) is 11.0. The van der Waals surface area contributed by atoms with Gasteiger partial charge in [0.15, 0.2) is 0 Å². The van der Waals surface area contributed by atoms with E-state index in [4.69, 9.17) is 0 Å². The monoisotopic (exact) mass is 368 g/mol. The number of halogens is 4. The second kappa shape index (κ2) is 6.67. The summed E-state index contributed by atoms with van der Waals surface area (Å²) in [6.45, 7) is 0.703. The molecule has 24 heavy (non-hydrogen) atoms. The Labute approximate surface area is 136 Å². The van der Waals surface area contributed by atoms with E-state index in [1.807, 2.05) is 0 Å². The van der Waals surface area contributed by atoms with Crippen molar-refractivity contribution < 1.29 is 30.8 Å². The quantitative estimate of drug-likeness (QED) is 0.834. The summed E-state index contributed by atoms with van der Waals surface area (Å²) in [5.41, 5.74) is -4.85. The third-order valence-electron chi connectivity index (χ3n) is 3.83. The van der Waals surface area contributed by atoms with Gasteiger partial charge in [-0.25, -0.2) is 12.8 Å². The van der Waals surface area contributed by atoms with E-state index in [1.165, 1.54) is 12.1 Å². The summed E-state index contributed by atoms with van der Waals surface area (Å²) >= 11 is 0. The van der Waals surface area contributed by atoms with Crippen LogP contribution < -0.4 is 5.32 Å². The minimum absolute atomic E-state index is 0.135. The highest BCUT2D eigenvalue weighted by Crippen LogP contribution is 2.30. The van der Waals surface area contributed by atoms with Crippen LogP contribution in [0.2, 0.25) is 0 Å². The lowest BCUT2D eigenvalue weighted by molar-refractivity contribution is -0.121. The maximum Gasteiger partial charge on any atom is 0.511 e. The number of nitrogens with one attached hydrogen (secondary N) is 1. The van der Waals surface area contributed by atoms with Crippen LogP contribution in [0.5, 0.6) is 0 Å². The molecule has 1 heterocycles. The molecule has 1 atom stereocenters. The number of anilines is 1. The Hall–Kier alpha value is -1.68. The molecule has 1 fully saturated rings. The second-order valence-corrected chi connectivity index (χ2v) is 7.53. The van der Waals surface area contributed by atoms with Gasteiger partial charge >= 0.3 is 15.5 Å². The van der Waals surface area contributed by atoms with Gasteiger partial charge < -0.3 is 5.32 Å².